The number of rotatable bonds is 1. The Morgan fingerprint density at radius 2 is 1.42 bits per heavy atom. The van der Waals surface area contributed by atoms with Gasteiger partial charge in [-0.1, -0.05) is 41.9 Å². The molecule has 0 saturated carbocycles. The van der Waals surface area contributed by atoms with Gasteiger partial charge in [0.05, 0.1) is 22.1 Å². The summed E-state index contributed by atoms with van der Waals surface area (Å²) in [4.78, 5) is 12.8. The quantitative estimate of drug-likeness (QED) is 0.229. The number of hydrogen-bond donors (Lipinski definition) is 3. The molecule has 3 aromatic carbocycles. The molecular weight excluding hydrogens is 346 g/mol. The van der Waals surface area contributed by atoms with Crippen molar-refractivity contribution < 1.29 is 0 Å². The Morgan fingerprint density at radius 1 is 0.731 bits per heavy atom. The molecule has 0 atom stereocenters. The van der Waals surface area contributed by atoms with E-state index in [1.54, 1.807) is 6.07 Å². The first kappa shape index (κ1) is 15.0. The number of nitrogen functional groups attached to an aromatic ring is 2. The number of hydrogen-bond acceptors (Lipinski definition) is 4. The van der Waals surface area contributed by atoms with Crippen molar-refractivity contribution in [3.8, 4) is 11.4 Å². The highest BCUT2D eigenvalue weighted by Crippen LogP contribution is 2.37. The van der Waals surface area contributed by atoms with E-state index in [0.717, 1.165) is 32.7 Å². The number of fused-ring (bicyclic) bond motifs is 6. The van der Waals surface area contributed by atoms with Gasteiger partial charge in [-0.05, 0) is 24.3 Å². The van der Waals surface area contributed by atoms with Crippen LogP contribution in [0.25, 0.3) is 44.1 Å². The Morgan fingerprint density at radius 3 is 2.15 bits per heavy atom. The van der Waals surface area contributed by atoms with Crippen LogP contribution in [0.15, 0.2) is 54.6 Å². The second kappa shape index (κ2) is 5.34. The van der Waals surface area contributed by atoms with Gasteiger partial charge < -0.3 is 16.5 Å². The Labute approximate surface area is 153 Å². The third-order valence-corrected chi connectivity index (χ3v) is 4.85. The van der Waals surface area contributed by atoms with Crippen LogP contribution in [-0.2, 0) is 0 Å². The molecule has 2 aromatic heterocycles. The van der Waals surface area contributed by atoms with E-state index in [0.29, 0.717) is 27.9 Å². The van der Waals surface area contributed by atoms with Gasteiger partial charge in [-0.25, -0.2) is 9.97 Å². The molecular formula is C20H14ClN5. The topological polar surface area (TPSA) is 93.6 Å². The number of halogens is 1. The van der Waals surface area contributed by atoms with Gasteiger partial charge in [0.15, 0.2) is 0 Å². The Balaban J connectivity index is 1.98. The van der Waals surface area contributed by atoms with Gasteiger partial charge in [0.1, 0.15) is 11.0 Å². The molecule has 5 nitrogen and oxygen atoms in total. The molecule has 6 heteroatoms. The molecule has 2 heterocycles. The minimum atomic E-state index is 0.457. The summed E-state index contributed by atoms with van der Waals surface area (Å²) in [5.41, 5.74) is 16.8. The van der Waals surface area contributed by atoms with Crippen LogP contribution in [0.1, 0.15) is 0 Å². The molecule has 0 fully saturated rings. The highest BCUT2D eigenvalue weighted by molar-refractivity contribution is 6.31. The van der Waals surface area contributed by atoms with Crippen LogP contribution in [-0.4, -0.2) is 15.0 Å². The van der Waals surface area contributed by atoms with Crippen LogP contribution in [0.5, 0.6) is 0 Å². The number of aromatic amines is 1. The standard InChI is InChI=1S/C20H14ClN5/c21-15-9-8-12-17(24-15)10-4-1-2-5-11(10)18-19(12)26-20(25-18)16-13(22)6-3-7-14(16)23/h1-9H,22-23H2,(H,25,26). The zero-order chi connectivity index (χ0) is 17.8. The van der Waals surface area contributed by atoms with E-state index < -0.39 is 0 Å². The summed E-state index contributed by atoms with van der Waals surface area (Å²) in [5.74, 6) is 0.642. The molecule has 0 aliphatic rings. The smallest absolute Gasteiger partial charge is 0.142 e. The molecule has 5 aromatic rings. The Hall–Kier alpha value is -3.31. The van der Waals surface area contributed by atoms with Crippen LogP contribution in [0.3, 0.4) is 0 Å². The molecule has 26 heavy (non-hydrogen) atoms. The number of imidazole rings is 1. The van der Waals surface area contributed by atoms with E-state index in [9.17, 15) is 0 Å². The molecule has 0 saturated heterocycles. The number of nitrogens with one attached hydrogen (secondary N) is 1. The SMILES string of the molecule is Nc1cccc(N)c1-c1nc2c3ccccc3c3nc(Cl)ccc3c2[nH]1. The predicted molar refractivity (Wildman–Crippen MR) is 108 cm³/mol. The summed E-state index contributed by atoms with van der Waals surface area (Å²) in [5, 5.41) is 3.41. The largest absolute Gasteiger partial charge is 0.398 e. The fourth-order valence-electron chi connectivity index (χ4n) is 3.48. The van der Waals surface area contributed by atoms with Crippen molar-refractivity contribution in [1.29, 1.82) is 0 Å². The molecule has 0 aliphatic heterocycles. The van der Waals surface area contributed by atoms with Gasteiger partial charge in [-0.2, -0.15) is 0 Å². The molecule has 5 N–H and O–H groups in total. The van der Waals surface area contributed by atoms with Gasteiger partial charge in [0, 0.05) is 27.5 Å². The Kier molecular flexibility index (Phi) is 3.08. The molecule has 0 spiro atoms. The van der Waals surface area contributed by atoms with Gasteiger partial charge in [-0.15, -0.1) is 0 Å². The third kappa shape index (κ3) is 2.04. The molecule has 0 aliphatic carbocycles. The van der Waals surface area contributed by atoms with Crippen LogP contribution in [0, 0.1) is 0 Å². The summed E-state index contributed by atoms with van der Waals surface area (Å²) in [6.07, 6.45) is 0. The highest BCUT2D eigenvalue weighted by Gasteiger charge is 2.17. The summed E-state index contributed by atoms with van der Waals surface area (Å²) in [7, 11) is 0. The molecule has 0 unspecified atom stereocenters. The van der Waals surface area contributed by atoms with E-state index in [-0.39, 0.29) is 0 Å². The minimum Gasteiger partial charge on any atom is -0.398 e. The predicted octanol–water partition coefficient (Wildman–Crippen LogP) is 4.75. The van der Waals surface area contributed by atoms with Crippen molar-refractivity contribution in [3.05, 3.63) is 59.8 Å². The number of anilines is 2. The fraction of sp³-hybridized carbons (Fsp3) is 0. The maximum atomic E-state index is 6.15. The van der Waals surface area contributed by atoms with Crippen LogP contribution >= 0.6 is 11.6 Å². The lowest BCUT2D eigenvalue weighted by atomic mass is 10.0. The molecule has 0 bridgehead atoms. The Bertz CT molecular complexity index is 1300. The normalized spacial score (nSPS) is 11.6. The van der Waals surface area contributed by atoms with Crippen molar-refractivity contribution in [3.63, 3.8) is 0 Å². The van der Waals surface area contributed by atoms with Crippen molar-refractivity contribution in [2.45, 2.75) is 0 Å². The summed E-state index contributed by atoms with van der Waals surface area (Å²) < 4.78 is 0. The molecule has 5 rings (SSSR count). The van der Waals surface area contributed by atoms with E-state index >= 15 is 0 Å². The number of pyridine rings is 1. The zero-order valence-corrected chi connectivity index (χ0v) is 14.4. The van der Waals surface area contributed by atoms with E-state index in [1.807, 2.05) is 48.5 Å². The van der Waals surface area contributed by atoms with E-state index in [2.05, 4.69) is 9.97 Å². The maximum Gasteiger partial charge on any atom is 0.142 e. The zero-order valence-electron chi connectivity index (χ0n) is 13.6. The lowest BCUT2D eigenvalue weighted by Crippen LogP contribution is -1.96. The minimum absolute atomic E-state index is 0.457. The number of H-pyrrole nitrogens is 1. The van der Waals surface area contributed by atoms with Crippen molar-refractivity contribution >= 4 is 55.7 Å². The number of nitrogens with zero attached hydrogens (tertiary/aromatic N) is 2. The molecule has 126 valence electrons. The van der Waals surface area contributed by atoms with Crippen LogP contribution in [0.4, 0.5) is 11.4 Å². The van der Waals surface area contributed by atoms with Crippen LogP contribution < -0.4 is 11.5 Å². The van der Waals surface area contributed by atoms with E-state index in [4.69, 9.17) is 28.1 Å². The molecule has 0 radical (unpaired) electrons. The summed E-state index contributed by atoms with van der Waals surface area (Å²) >= 11 is 6.14. The fourth-order valence-corrected chi connectivity index (χ4v) is 3.63. The average molecular weight is 360 g/mol. The first-order chi connectivity index (χ1) is 12.6. The number of aromatic nitrogens is 3. The van der Waals surface area contributed by atoms with Crippen molar-refractivity contribution in [2.75, 3.05) is 11.5 Å². The number of nitrogens with two attached hydrogens (primary N) is 2. The second-order valence-corrected chi connectivity index (χ2v) is 6.58. The van der Waals surface area contributed by atoms with Gasteiger partial charge in [-0.3, -0.25) is 0 Å². The average Bonchev–Trinajstić information content (AvgIpc) is 3.07. The summed E-state index contributed by atoms with van der Waals surface area (Å²) in [6, 6.07) is 17.2. The first-order valence-corrected chi connectivity index (χ1v) is 8.52. The maximum absolute atomic E-state index is 6.15. The third-order valence-electron chi connectivity index (χ3n) is 4.64. The van der Waals surface area contributed by atoms with E-state index in [1.165, 1.54) is 0 Å². The summed E-state index contributed by atoms with van der Waals surface area (Å²) in [6.45, 7) is 0. The molecule has 0 amide bonds. The first-order valence-electron chi connectivity index (χ1n) is 8.14. The lowest BCUT2D eigenvalue weighted by Gasteiger charge is -2.05. The van der Waals surface area contributed by atoms with Crippen LogP contribution in [0.2, 0.25) is 5.15 Å². The van der Waals surface area contributed by atoms with Gasteiger partial charge in [0.2, 0.25) is 0 Å². The monoisotopic (exact) mass is 359 g/mol. The van der Waals surface area contributed by atoms with Crippen molar-refractivity contribution in [1.82, 2.24) is 15.0 Å². The van der Waals surface area contributed by atoms with Gasteiger partial charge >= 0.3 is 0 Å². The highest BCUT2D eigenvalue weighted by atomic mass is 35.5. The number of benzene rings is 3. The van der Waals surface area contributed by atoms with Crippen molar-refractivity contribution in [2.24, 2.45) is 0 Å². The second-order valence-electron chi connectivity index (χ2n) is 6.20. The van der Waals surface area contributed by atoms with Gasteiger partial charge in [0.25, 0.3) is 0 Å². The lowest BCUT2D eigenvalue weighted by molar-refractivity contribution is 1.34.